The van der Waals surface area contributed by atoms with Gasteiger partial charge in [0.25, 0.3) is 0 Å². The van der Waals surface area contributed by atoms with Crippen molar-refractivity contribution in [1.29, 1.82) is 0 Å². The SMILES string of the molecule is CCCNc1ncc(S(=O)(=O)NCCOCC(C)C)cn1. The highest BCUT2D eigenvalue weighted by Gasteiger charge is 2.14. The Kier molecular flexibility index (Phi) is 7.55. The first-order chi connectivity index (χ1) is 9.95. The van der Waals surface area contributed by atoms with Gasteiger partial charge in [0.2, 0.25) is 16.0 Å². The lowest BCUT2D eigenvalue weighted by Crippen LogP contribution is -2.28. The molecule has 1 aromatic heterocycles. The summed E-state index contributed by atoms with van der Waals surface area (Å²) in [5, 5.41) is 2.99. The number of sulfonamides is 1. The van der Waals surface area contributed by atoms with E-state index >= 15 is 0 Å². The van der Waals surface area contributed by atoms with E-state index in [0.717, 1.165) is 13.0 Å². The largest absolute Gasteiger partial charge is 0.380 e. The van der Waals surface area contributed by atoms with Crippen molar-refractivity contribution in [2.45, 2.75) is 32.1 Å². The lowest BCUT2D eigenvalue weighted by Gasteiger charge is -2.09. The third-order valence-corrected chi connectivity index (χ3v) is 3.88. The Hall–Kier alpha value is -1.25. The van der Waals surface area contributed by atoms with E-state index in [0.29, 0.717) is 25.1 Å². The van der Waals surface area contributed by atoms with E-state index in [-0.39, 0.29) is 11.4 Å². The van der Waals surface area contributed by atoms with Crippen LogP contribution in [0, 0.1) is 5.92 Å². The summed E-state index contributed by atoms with van der Waals surface area (Å²) in [6.07, 6.45) is 3.53. The zero-order valence-electron chi connectivity index (χ0n) is 12.8. The molecule has 0 saturated heterocycles. The molecular formula is C13H24N4O3S. The van der Waals surface area contributed by atoms with Crippen molar-refractivity contribution in [2.75, 3.05) is 31.6 Å². The van der Waals surface area contributed by atoms with Crippen molar-refractivity contribution in [2.24, 2.45) is 5.92 Å². The van der Waals surface area contributed by atoms with Crippen molar-refractivity contribution >= 4 is 16.0 Å². The highest BCUT2D eigenvalue weighted by molar-refractivity contribution is 7.89. The quantitative estimate of drug-likeness (QED) is 0.631. The molecule has 0 fully saturated rings. The van der Waals surface area contributed by atoms with Gasteiger partial charge in [-0.15, -0.1) is 0 Å². The molecule has 0 radical (unpaired) electrons. The molecule has 120 valence electrons. The summed E-state index contributed by atoms with van der Waals surface area (Å²) in [5.74, 6) is 0.856. The van der Waals surface area contributed by atoms with Crippen LogP contribution < -0.4 is 10.0 Å². The van der Waals surface area contributed by atoms with Crippen LogP contribution >= 0.6 is 0 Å². The number of anilines is 1. The minimum atomic E-state index is -3.58. The van der Waals surface area contributed by atoms with Gasteiger partial charge in [0.1, 0.15) is 4.90 Å². The number of nitrogens with one attached hydrogen (secondary N) is 2. The van der Waals surface area contributed by atoms with E-state index < -0.39 is 10.0 Å². The normalized spacial score (nSPS) is 11.8. The number of hydrogen-bond acceptors (Lipinski definition) is 6. The van der Waals surface area contributed by atoms with E-state index in [2.05, 4.69) is 20.0 Å². The fourth-order valence-electron chi connectivity index (χ4n) is 1.43. The van der Waals surface area contributed by atoms with Crippen LogP contribution in [0.1, 0.15) is 27.2 Å². The van der Waals surface area contributed by atoms with Gasteiger partial charge in [-0.3, -0.25) is 0 Å². The maximum atomic E-state index is 12.0. The zero-order valence-corrected chi connectivity index (χ0v) is 13.6. The predicted octanol–water partition coefficient (Wildman–Crippen LogP) is 1.25. The molecule has 0 atom stereocenters. The second kappa shape index (κ2) is 8.91. The molecule has 1 aromatic rings. The number of hydrogen-bond donors (Lipinski definition) is 2. The van der Waals surface area contributed by atoms with Crippen LogP contribution in [0.4, 0.5) is 5.95 Å². The Labute approximate surface area is 126 Å². The van der Waals surface area contributed by atoms with Crippen molar-refractivity contribution in [3.63, 3.8) is 0 Å². The van der Waals surface area contributed by atoms with Gasteiger partial charge >= 0.3 is 0 Å². The van der Waals surface area contributed by atoms with Gasteiger partial charge in [0.15, 0.2) is 0 Å². The second-order valence-electron chi connectivity index (χ2n) is 5.04. The Balaban J connectivity index is 2.46. The van der Waals surface area contributed by atoms with Crippen molar-refractivity contribution < 1.29 is 13.2 Å². The van der Waals surface area contributed by atoms with E-state index in [9.17, 15) is 8.42 Å². The Bertz CT molecular complexity index is 503. The maximum absolute atomic E-state index is 12.0. The van der Waals surface area contributed by atoms with Crippen LogP contribution in [-0.4, -0.2) is 44.7 Å². The molecule has 7 nitrogen and oxygen atoms in total. The first-order valence-corrected chi connectivity index (χ1v) is 8.57. The molecular weight excluding hydrogens is 292 g/mol. The predicted molar refractivity (Wildman–Crippen MR) is 81.7 cm³/mol. The van der Waals surface area contributed by atoms with Crippen LogP contribution in [0.15, 0.2) is 17.3 Å². The van der Waals surface area contributed by atoms with Gasteiger partial charge in [-0.05, 0) is 12.3 Å². The van der Waals surface area contributed by atoms with Gasteiger partial charge in [0.05, 0.1) is 19.0 Å². The molecule has 0 saturated carbocycles. The van der Waals surface area contributed by atoms with Gasteiger partial charge in [-0.2, -0.15) is 0 Å². The molecule has 0 aromatic carbocycles. The Morgan fingerprint density at radius 2 is 1.90 bits per heavy atom. The van der Waals surface area contributed by atoms with Crippen LogP contribution in [0.5, 0.6) is 0 Å². The highest BCUT2D eigenvalue weighted by atomic mass is 32.2. The lowest BCUT2D eigenvalue weighted by atomic mass is 10.2. The highest BCUT2D eigenvalue weighted by Crippen LogP contribution is 2.07. The number of rotatable bonds is 10. The molecule has 2 N–H and O–H groups in total. The lowest BCUT2D eigenvalue weighted by molar-refractivity contribution is 0.114. The summed E-state index contributed by atoms with van der Waals surface area (Å²) in [6, 6.07) is 0. The fourth-order valence-corrected chi connectivity index (χ4v) is 2.34. The van der Waals surface area contributed by atoms with Crippen molar-refractivity contribution in [3.05, 3.63) is 12.4 Å². The first kappa shape index (κ1) is 17.8. The van der Waals surface area contributed by atoms with E-state index in [1.807, 2.05) is 20.8 Å². The summed E-state index contributed by atoms with van der Waals surface area (Å²) >= 11 is 0. The van der Waals surface area contributed by atoms with Crippen LogP contribution in [0.2, 0.25) is 0 Å². The molecule has 21 heavy (non-hydrogen) atoms. The van der Waals surface area contributed by atoms with Gasteiger partial charge in [-0.25, -0.2) is 23.1 Å². The molecule has 0 aliphatic carbocycles. The summed E-state index contributed by atoms with van der Waals surface area (Å²) < 4.78 is 31.8. The summed E-state index contributed by atoms with van der Waals surface area (Å²) in [4.78, 5) is 8.00. The molecule has 0 aliphatic heterocycles. The minimum absolute atomic E-state index is 0.0495. The number of aromatic nitrogens is 2. The molecule has 1 heterocycles. The smallest absolute Gasteiger partial charge is 0.243 e. The van der Waals surface area contributed by atoms with E-state index in [4.69, 9.17) is 4.74 Å². The summed E-state index contributed by atoms with van der Waals surface area (Å²) in [6.45, 7) is 8.03. The molecule has 0 bridgehead atoms. The summed E-state index contributed by atoms with van der Waals surface area (Å²) in [5.41, 5.74) is 0. The molecule has 0 amide bonds. The van der Waals surface area contributed by atoms with E-state index in [1.165, 1.54) is 12.4 Å². The van der Waals surface area contributed by atoms with Crippen molar-refractivity contribution in [1.82, 2.24) is 14.7 Å². The average molecular weight is 316 g/mol. The van der Waals surface area contributed by atoms with Gasteiger partial charge in [-0.1, -0.05) is 20.8 Å². The zero-order chi connectivity index (χ0) is 15.7. The maximum Gasteiger partial charge on any atom is 0.243 e. The monoisotopic (exact) mass is 316 g/mol. The molecule has 0 unspecified atom stereocenters. The third-order valence-electron chi connectivity index (χ3n) is 2.46. The molecule has 0 spiro atoms. The third kappa shape index (κ3) is 6.83. The van der Waals surface area contributed by atoms with Crippen molar-refractivity contribution in [3.8, 4) is 0 Å². The first-order valence-electron chi connectivity index (χ1n) is 7.09. The van der Waals surface area contributed by atoms with E-state index in [1.54, 1.807) is 0 Å². The number of nitrogens with zero attached hydrogens (tertiary/aromatic N) is 2. The van der Waals surface area contributed by atoms with Gasteiger partial charge in [0, 0.05) is 19.7 Å². The molecule has 1 rings (SSSR count). The minimum Gasteiger partial charge on any atom is -0.380 e. The summed E-state index contributed by atoms with van der Waals surface area (Å²) in [7, 11) is -3.58. The standard InChI is InChI=1S/C13H24N4O3S/c1-4-5-14-13-15-8-12(9-16-13)21(18,19)17-6-7-20-10-11(2)3/h8-9,11,17H,4-7,10H2,1-3H3,(H,14,15,16). The number of ether oxygens (including phenoxy) is 1. The Morgan fingerprint density at radius 1 is 1.24 bits per heavy atom. The topological polar surface area (TPSA) is 93.2 Å². The van der Waals surface area contributed by atoms with Crippen LogP contribution in [0.3, 0.4) is 0 Å². The van der Waals surface area contributed by atoms with Crippen LogP contribution in [0.25, 0.3) is 0 Å². The second-order valence-corrected chi connectivity index (χ2v) is 6.80. The molecule has 0 aliphatic rings. The average Bonchev–Trinajstić information content (AvgIpc) is 2.44. The van der Waals surface area contributed by atoms with Gasteiger partial charge < -0.3 is 10.1 Å². The van der Waals surface area contributed by atoms with Crippen LogP contribution in [-0.2, 0) is 14.8 Å². The molecule has 8 heteroatoms. The Morgan fingerprint density at radius 3 is 2.48 bits per heavy atom. The fraction of sp³-hybridized carbons (Fsp3) is 0.692.